The summed E-state index contributed by atoms with van der Waals surface area (Å²) >= 11 is 1.84. The van der Waals surface area contributed by atoms with Gasteiger partial charge in [0, 0.05) is 13.3 Å². The predicted octanol–water partition coefficient (Wildman–Crippen LogP) is 4.78. The van der Waals surface area contributed by atoms with Crippen molar-refractivity contribution >= 4 is 31.4 Å². The molecule has 32 heavy (non-hydrogen) atoms. The van der Waals surface area contributed by atoms with Crippen molar-refractivity contribution in [3.05, 3.63) is 20.2 Å². The summed E-state index contributed by atoms with van der Waals surface area (Å²) in [6.07, 6.45) is -11.4. The lowest BCUT2D eigenvalue weighted by Gasteiger charge is -2.31. The Morgan fingerprint density at radius 1 is 0.844 bits per heavy atom. The van der Waals surface area contributed by atoms with Gasteiger partial charge in [0.2, 0.25) is 5.51 Å². The van der Waals surface area contributed by atoms with E-state index in [-0.39, 0.29) is 0 Å². The van der Waals surface area contributed by atoms with Gasteiger partial charge in [-0.15, -0.1) is 0 Å². The van der Waals surface area contributed by atoms with Gasteiger partial charge in [-0.2, -0.15) is 48.5 Å². The minimum Gasteiger partial charge on any atom is -0.425 e. The third-order valence-corrected chi connectivity index (χ3v) is 7.89. The molecule has 0 saturated heterocycles. The molecule has 0 aliphatic carbocycles. The fraction of sp³-hybridized carbons (Fsp3) is 0.769. The molecule has 0 bridgehead atoms. The van der Waals surface area contributed by atoms with Crippen LogP contribution >= 0.6 is 11.3 Å². The second-order valence-electron chi connectivity index (χ2n) is 5.97. The van der Waals surface area contributed by atoms with Crippen LogP contribution in [-0.4, -0.2) is 39.7 Å². The molecule has 0 atom stereocenters. The van der Waals surface area contributed by atoms with Crippen molar-refractivity contribution in [3.8, 4) is 0 Å². The van der Waals surface area contributed by atoms with Crippen molar-refractivity contribution in [2.45, 2.75) is 63.0 Å². The fourth-order valence-electron chi connectivity index (χ4n) is 1.57. The minimum atomic E-state index is -7.62. The minimum absolute atomic E-state index is 0.422. The van der Waals surface area contributed by atoms with Crippen LogP contribution in [0.3, 0.4) is 0 Å². The van der Waals surface area contributed by atoms with Crippen LogP contribution in [0.1, 0.15) is 30.3 Å². The molecule has 0 spiro atoms. The van der Waals surface area contributed by atoms with E-state index in [1.165, 1.54) is 30.0 Å². The molecule has 19 heteroatoms. The van der Waals surface area contributed by atoms with Gasteiger partial charge in [-0.1, -0.05) is 24.7 Å². The lowest BCUT2D eigenvalue weighted by atomic mass is 10.3. The van der Waals surface area contributed by atoms with Crippen molar-refractivity contribution in [3.63, 3.8) is 0 Å². The van der Waals surface area contributed by atoms with E-state index in [9.17, 15) is 60.7 Å². The number of aryl methyl sites for hydroxylation is 2. The van der Waals surface area contributed by atoms with Crippen LogP contribution in [0.25, 0.3) is 4.13 Å². The van der Waals surface area contributed by atoms with Crippen LogP contribution in [0.2, 0.25) is 0 Å². The first-order valence-electron chi connectivity index (χ1n) is 8.02. The van der Waals surface area contributed by atoms with E-state index in [2.05, 4.69) is 30.8 Å². The Hall–Kier alpha value is -1.21. The Bertz CT molecular complexity index is 929. The zero-order valence-electron chi connectivity index (χ0n) is 16.2. The third-order valence-electron chi connectivity index (χ3n) is 3.55. The average molecular weight is 550 g/mol. The summed E-state index contributed by atoms with van der Waals surface area (Å²) in [6, 6.07) is 0. The maximum atomic E-state index is 12.3. The highest BCUT2D eigenvalue weighted by Crippen LogP contribution is 2.47. The average Bonchev–Trinajstić information content (AvgIpc) is 2.89. The highest BCUT2D eigenvalue weighted by molar-refractivity contribution is 8.13. The number of hydrogen-bond donors (Lipinski definition) is 0. The molecule has 0 aromatic carbocycles. The van der Waals surface area contributed by atoms with Gasteiger partial charge in [-0.25, -0.2) is 16.8 Å². The van der Waals surface area contributed by atoms with E-state index in [1.54, 1.807) is 0 Å². The van der Waals surface area contributed by atoms with Crippen molar-refractivity contribution in [2.24, 2.45) is 0 Å². The molecule has 1 heterocycles. The van der Waals surface area contributed by atoms with Gasteiger partial charge in [-0.3, -0.25) is 0 Å². The molecule has 0 radical (unpaired) electrons. The van der Waals surface area contributed by atoms with Crippen molar-refractivity contribution in [2.75, 3.05) is 0 Å². The van der Waals surface area contributed by atoms with E-state index in [1.807, 2.05) is 11.3 Å². The Kier molecular flexibility index (Phi) is 9.58. The monoisotopic (exact) mass is 550 g/mol. The molecule has 0 aliphatic heterocycles. The standard InChI is InChI=1S/C9H16NS.C4F10NO4S2/c1-4-5-6-10-7-11-9(3)8(10)2;5-1(6,7)3(11,12)20(16,17)15-21(18,19)4(13,14)2(8,9)10/h7H,4-6H2,1-3H3;/q+1;-1. The third kappa shape index (κ3) is 6.66. The molecule has 0 aliphatic rings. The Labute approximate surface area is 180 Å². The van der Waals surface area contributed by atoms with Crippen LogP contribution in [-0.2, 0) is 26.6 Å². The van der Waals surface area contributed by atoms with Gasteiger partial charge in [0.15, 0.2) is 25.7 Å². The number of halogens is 10. The van der Waals surface area contributed by atoms with Gasteiger partial charge in [0.25, 0.3) is 0 Å². The Morgan fingerprint density at radius 3 is 1.47 bits per heavy atom. The number of nitrogens with zero attached hydrogens (tertiary/aromatic N) is 2. The first kappa shape index (κ1) is 30.8. The first-order valence-corrected chi connectivity index (χ1v) is 11.8. The number of alkyl halides is 10. The molecular formula is C13H16F10N2O4S3. The highest BCUT2D eigenvalue weighted by Gasteiger charge is 2.68. The second-order valence-corrected chi connectivity index (χ2v) is 10.5. The number of aromatic nitrogens is 1. The fourth-order valence-corrected chi connectivity index (χ4v) is 4.78. The van der Waals surface area contributed by atoms with E-state index in [0.717, 1.165) is 0 Å². The van der Waals surface area contributed by atoms with Crippen LogP contribution < -0.4 is 4.57 Å². The first-order chi connectivity index (χ1) is 14.0. The van der Waals surface area contributed by atoms with E-state index in [0.29, 0.717) is 4.13 Å². The maximum absolute atomic E-state index is 12.3. The molecule has 1 rings (SSSR count). The van der Waals surface area contributed by atoms with Crippen molar-refractivity contribution in [1.82, 2.24) is 0 Å². The predicted molar refractivity (Wildman–Crippen MR) is 92.1 cm³/mol. The number of hydrogen-bond acceptors (Lipinski definition) is 5. The number of sulfonamides is 2. The van der Waals surface area contributed by atoms with Crippen LogP contribution in [0, 0.1) is 13.8 Å². The normalized spacial score (nSPS) is 14.2. The quantitative estimate of drug-likeness (QED) is 0.361. The number of unbranched alkanes of at least 4 members (excludes halogenated alkanes) is 1. The summed E-state index contributed by atoms with van der Waals surface area (Å²) < 4.78 is 163. The molecule has 1 aromatic rings. The highest BCUT2D eigenvalue weighted by atomic mass is 32.3. The molecule has 6 nitrogen and oxygen atoms in total. The largest absolute Gasteiger partial charge is 0.467 e. The second kappa shape index (κ2) is 9.96. The zero-order valence-corrected chi connectivity index (χ0v) is 18.7. The Balaban J connectivity index is 0.000000726. The molecule has 190 valence electrons. The molecule has 0 unspecified atom stereocenters. The van der Waals surface area contributed by atoms with Gasteiger partial charge in [0.05, 0.1) is 4.88 Å². The Morgan fingerprint density at radius 2 is 1.22 bits per heavy atom. The number of thiazole rings is 1. The SMILES string of the molecule is CCCC[n+]1csc(C)c1C.O=S(=O)([N-]S(=O)(=O)C(F)(F)C(F)(F)F)C(F)(F)C(F)(F)F. The summed E-state index contributed by atoms with van der Waals surface area (Å²) in [5, 5.41) is -14.0. The van der Waals surface area contributed by atoms with Crippen LogP contribution in [0.15, 0.2) is 5.51 Å². The number of rotatable bonds is 7. The van der Waals surface area contributed by atoms with Gasteiger partial charge >= 0.3 is 22.9 Å². The van der Waals surface area contributed by atoms with E-state index in [4.69, 9.17) is 0 Å². The van der Waals surface area contributed by atoms with Gasteiger partial charge in [0.1, 0.15) is 6.54 Å². The summed E-state index contributed by atoms with van der Waals surface area (Å²) in [5.41, 5.74) is 3.66. The van der Waals surface area contributed by atoms with E-state index >= 15 is 0 Å². The summed E-state index contributed by atoms with van der Waals surface area (Å²) in [4.78, 5) is 1.45. The van der Waals surface area contributed by atoms with Crippen LogP contribution in [0.4, 0.5) is 43.9 Å². The lowest BCUT2D eigenvalue weighted by molar-refractivity contribution is -0.698. The molecular weight excluding hydrogens is 534 g/mol. The summed E-state index contributed by atoms with van der Waals surface area (Å²) in [7, 11) is -15.2. The van der Waals surface area contributed by atoms with Crippen LogP contribution in [0.5, 0.6) is 0 Å². The molecule has 0 N–H and O–H groups in total. The van der Waals surface area contributed by atoms with Gasteiger partial charge < -0.3 is 4.13 Å². The molecule has 0 fully saturated rings. The summed E-state index contributed by atoms with van der Waals surface area (Å²) in [6.45, 7) is 7.80. The smallest absolute Gasteiger partial charge is 0.425 e. The van der Waals surface area contributed by atoms with E-state index < -0.39 is 42.9 Å². The van der Waals surface area contributed by atoms with Crippen molar-refractivity contribution in [1.29, 1.82) is 0 Å². The molecule has 0 saturated carbocycles. The molecule has 1 aromatic heterocycles. The topological polar surface area (TPSA) is 86.3 Å². The van der Waals surface area contributed by atoms with Gasteiger partial charge in [-0.05, 0) is 6.92 Å². The summed E-state index contributed by atoms with van der Waals surface area (Å²) in [5.74, 6) is 0. The lowest BCUT2D eigenvalue weighted by Crippen LogP contribution is -2.48. The molecule has 0 amide bonds. The van der Waals surface area contributed by atoms with Crippen molar-refractivity contribution < 1.29 is 65.3 Å². The maximum Gasteiger partial charge on any atom is 0.467 e. The zero-order chi connectivity index (χ0) is 26.0.